The highest BCUT2D eigenvalue weighted by molar-refractivity contribution is 5.75. The summed E-state index contributed by atoms with van der Waals surface area (Å²) >= 11 is 0. The zero-order valence-corrected chi connectivity index (χ0v) is 5.28. The van der Waals surface area contributed by atoms with Crippen molar-refractivity contribution in [3.63, 3.8) is 0 Å². The van der Waals surface area contributed by atoms with Crippen molar-refractivity contribution >= 4 is 10.9 Å². The van der Waals surface area contributed by atoms with Crippen LogP contribution >= 0.6 is 0 Å². The Bertz CT molecular complexity index is 278. The summed E-state index contributed by atoms with van der Waals surface area (Å²) in [5.74, 6) is 0. The molecule has 2 rings (SSSR count). The first kappa shape index (κ1) is 5.35. The number of hydrogen-bond donors (Lipinski definition) is 0. The predicted molar refractivity (Wildman–Crippen MR) is 38.4 cm³/mol. The van der Waals surface area contributed by atoms with Crippen LogP contribution < -0.4 is 0 Å². The number of aromatic nitrogens is 2. The van der Waals surface area contributed by atoms with E-state index in [0.717, 1.165) is 10.9 Å². The molecule has 0 aliphatic carbocycles. The first-order valence-corrected chi connectivity index (χ1v) is 3.03. The lowest BCUT2D eigenvalue weighted by Crippen LogP contribution is -1.77. The molecule has 0 aromatic carbocycles. The van der Waals surface area contributed by atoms with Gasteiger partial charge in [-0.2, -0.15) is 0 Å². The van der Waals surface area contributed by atoms with Gasteiger partial charge < -0.3 is 0 Å². The van der Waals surface area contributed by atoms with E-state index in [4.69, 9.17) is 0 Å². The largest absolute Gasteiger partial charge is 0.263 e. The Hall–Kier alpha value is -1.44. The minimum absolute atomic E-state index is 0.873. The van der Waals surface area contributed by atoms with Gasteiger partial charge in [-0.3, -0.25) is 9.97 Å². The molecule has 47 valence electrons. The third-order valence-electron chi connectivity index (χ3n) is 1.33. The SMILES string of the molecule is [c]1cncc2cccnc12. The summed E-state index contributed by atoms with van der Waals surface area (Å²) in [6, 6.07) is 6.78. The molecule has 0 saturated carbocycles. The zero-order chi connectivity index (χ0) is 6.81. The van der Waals surface area contributed by atoms with E-state index in [2.05, 4.69) is 16.0 Å². The van der Waals surface area contributed by atoms with E-state index in [1.807, 2.05) is 12.1 Å². The van der Waals surface area contributed by atoms with Crippen molar-refractivity contribution in [3.8, 4) is 0 Å². The Morgan fingerprint density at radius 1 is 1.40 bits per heavy atom. The van der Waals surface area contributed by atoms with E-state index in [-0.39, 0.29) is 0 Å². The molecule has 0 amide bonds. The lowest BCUT2D eigenvalue weighted by Gasteiger charge is -1.90. The normalized spacial score (nSPS) is 10.0. The molecule has 0 bridgehead atoms. The van der Waals surface area contributed by atoms with Crippen LogP contribution in [0.25, 0.3) is 10.9 Å². The molecular formula is C8H5N2. The Morgan fingerprint density at radius 2 is 2.40 bits per heavy atom. The second-order valence-corrected chi connectivity index (χ2v) is 1.99. The zero-order valence-electron chi connectivity index (χ0n) is 5.28. The van der Waals surface area contributed by atoms with Gasteiger partial charge >= 0.3 is 0 Å². The number of fused-ring (bicyclic) bond motifs is 1. The molecule has 2 heterocycles. The maximum absolute atomic E-state index is 4.09. The third kappa shape index (κ3) is 0.739. The highest BCUT2D eigenvalue weighted by Crippen LogP contribution is 2.05. The number of pyridine rings is 2. The van der Waals surface area contributed by atoms with E-state index in [9.17, 15) is 0 Å². The summed E-state index contributed by atoms with van der Waals surface area (Å²) in [6.07, 6.45) is 5.15. The second kappa shape index (κ2) is 2.06. The molecule has 2 heteroatoms. The molecule has 1 radical (unpaired) electrons. The first-order valence-electron chi connectivity index (χ1n) is 3.03. The first-order chi connectivity index (χ1) is 4.97. The van der Waals surface area contributed by atoms with Gasteiger partial charge in [0.05, 0.1) is 5.52 Å². The van der Waals surface area contributed by atoms with Crippen LogP contribution in [0.3, 0.4) is 0 Å². The Morgan fingerprint density at radius 3 is 3.30 bits per heavy atom. The van der Waals surface area contributed by atoms with Crippen molar-refractivity contribution in [2.45, 2.75) is 0 Å². The van der Waals surface area contributed by atoms with Crippen LogP contribution in [0.4, 0.5) is 0 Å². The predicted octanol–water partition coefficient (Wildman–Crippen LogP) is 1.43. The van der Waals surface area contributed by atoms with Crippen molar-refractivity contribution in [1.29, 1.82) is 0 Å². The van der Waals surface area contributed by atoms with Gasteiger partial charge in [-0.1, -0.05) is 0 Å². The third-order valence-corrected chi connectivity index (χ3v) is 1.33. The van der Waals surface area contributed by atoms with Crippen molar-refractivity contribution in [3.05, 3.63) is 36.8 Å². The molecule has 0 N–H and O–H groups in total. The van der Waals surface area contributed by atoms with E-state index in [1.54, 1.807) is 18.6 Å². The lowest BCUT2D eigenvalue weighted by atomic mass is 10.3. The van der Waals surface area contributed by atoms with Gasteiger partial charge in [0.2, 0.25) is 0 Å². The van der Waals surface area contributed by atoms with Crippen molar-refractivity contribution < 1.29 is 0 Å². The van der Waals surface area contributed by atoms with Gasteiger partial charge in [-0.05, 0) is 12.1 Å². The van der Waals surface area contributed by atoms with Crippen LogP contribution in [0.2, 0.25) is 0 Å². The summed E-state index contributed by atoms with van der Waals surface area (Å²) in [5.41, 5.74) is 0.873. The number of hydrogen-bond acceptors (Lipinski definition) is 2. The molecule has 10 heavy (non-hydrogen) atoms. The molecule has 0 unspecified atom stereocenters. The molecule has 0 aliphatic heterocycles. The van der Waals surface area contributed by atoms with Crippen LogP contribution in [-0.2, 0) is 0 Å². The summed E-state index contributed by atoms with van der Waals surface area (Å²) in [7, 11) is 0. The Kier molecular flexibility index (Phi) is 1.10. The standard InChI is InChI=1S/C8H5N2/c1-2-7-6-9-5-3-8(7)10-4-1/h1-2,4-6H. The Labute approximate surface area is 58.6 Å². The summed E-state index contributed by atoms with van der Waals surface area (Å²) in [4.78, 5) is 8.00. The van der Waals surface area contributed by atoms with E-state index < -0.39 is 0 Å². The fourth-order valence-electron chi connectivity index (χ4n) is 0.858. The van der Waals surface area contributed by atoms with Crippen LogP contribution in [0.5, 0.6) is 0 Å². The molecule has 2 aromatic rings. The molecule has 2 aromatic heterocycles. The molecule has 2 nitrogen and oxygen atoms in total. The fourth-order valence-corrected chi connectivity index (χ4v) is 0.858. The maximum atomic E-state index is 4.09. The van der Waals surface area contributed by atoms with Crippen molar-refractivity contribution in [1.82, 2.24) is 9.97 Å². The van der Waals surface area contributed by atoms with Gasteiger partial charge in [0.25, 0.3) is 0 Å². The van der Waals surface area contributed by atoms with Gasteiger partial charge in [-0.15, -0.1) is 0 Å². The molecule has 0 spiro atoms. The minimum Gasteiger partial charge on any atom is -0.263 e. The van der Waals surface area contributed by atoms with Crippen LogP contribution in [0, 0.1) is 6.07 Å². The smallest absolute Gasteiger partial charge is 0.0812 e. The van der Waals surface area contributed by atoms with Gasteiger partial charge in [-0.25, -0.2) is 0 Å². The van der Waals surface area contributed by atoms with Crippen LogP contribution in [-0.4, -0.2) is 9.97 Å². The van der Waals surface area contributed by atoms with Crippen LogP contribution in [0.1, 0.15) is 0 Å². The highest BCUT2D eigenvalue weighted by Gasteiger charge is 1.88. The fraction of sp³-hybridized carbons (Fsp3) is 0. The monoisotopic (exact) mass is 129 g/mol. The van der Waals surface area contributed by atoms with E-state index in [0.29, 0.717) is 0 Å². The summed E-state index contributed by atoms with van der Waals surface area (Å²) < 4.78 is 0. The van der Waals surface area contributed by atoms with E-state index in [1.165, 1.54) is 0 Å². The molecule has 0 aliphatic rings. The van der Waals surface area contributed by atoms with Gasteiger partial charge in [0.15, 0.2) is 0 Å². The Balaban J connectivity index is 2.89. The number of rotatable bonds is 0. The van der Waals surface area contributed by atoms with Crippen LogP contribution in [0.15, 0.2) is 30.7 Å². The molecule has 0 saturated heterocycles. The lowest BCUT2D eigenvalue weighted by molar-refractivity contribution is 1.32. The van der Waals surface area contributed by atoms with E-state index >= 15 is 0 Å². The summed E-state index contributed by atoms with van der Waals surface area (Å²) in [5, 5.41) is 1.03. The molecular weight excluding hydrogens is 124 g/mol. The maximum Gasteiger partial charge on any atom is 0.0812 e. The van der Waals surface area contributed by atoms with Crippen molar-refractivity contribution in [2.24, 2.45) is 0 Å². The average molecular weight is 129 g/mol. The van der Waals surface area contributed by atoms with Crippen molar-refractivity contribution in [2.75, 3.05) is 0 Å². The minimum atomic E-state index is 0.873. The second-order valence-electron chi connectivity index (χ2n) is 1.99. The number of nitrogens with zero attached hydrogens (tertiary/aromatic N) is 2. The quantitative estimate of drug-likeness (QED) is 0.537. The summed E-state index contributed by atoms with van der Waals surface area (Å²) in [6.45, 7) is 0. The molecule has 0 atom stereocenters. The average Bonchev–Trinajstić information content (AvgIpc) is 2.05. The topological polar surface area (TPSA) is 25.8 Å². The highest BCUT2D eigenvalue weighted by atomic mass is 14.7. The van der Waals surface area contributed by atoms with Gasteiger partial charge in [0.1, 0.15) is 0 Å². The molecule has 0 fully saturated rings. The van der Waals surface area contributed by atoms with Gasteiger partial charge in [0, 0.05) is 30.0 Å².